The minimum atomic E-state index is 0.322. The summed E-state index contributed by atoms with van der Waals surface area (Å²) < 4.78 is 0. The number of hydrogen-bond acceptors (Lipinski definition) is 1. The fourth-order valence-electron chi connectivity index (χ4n) is 2.61. The zero-order chi connectivity index (χ0) is 11.1. The molecule has 0 spiro atoms. The summed E-state index contributed by atoms with van der Waals surface area (Å²) in [7, 11) is 0. The van der Waals surface area contributed by atoms with Gasteiger partial charge in [-0.15, -0.1) is 0 Å². The highest BCUT2D eigenvalue weighted by atomic mass is 15.2. The van der Waals surface area contributed by atoms with Gasteiger partial charge in [-0.05, 0) is 38.5 Å². The van der Waals surface area contributed by atoms with Gasteiger partial charge in [-0.25, -0.2) is 0 Å². The second-order valence-electron chi connectivity index (χ2n) is 7.05. The molecule has 84 valence electrons. The molecule has 1 saturated heterocycles. The van der Waals surface area contributed by atoms with Crippen molar-refractivity contribution in [1.82, 2.24) is 4.90 Å². The minimum absolute atomic E-state index is 0.322. The fourth-order valence-corrected chi connectivity index (χ4v) is 2.61. The highest BCUT2D eigenvalue weighted by Crippen LogP contribution is 2.39. The SMILES string of the molecule is CC1CC(C(C)(C)C)N(C(C)(C)C)C1. The molecule has 1 rings (SSSR count). The predicted octanol–water partition coefficient (Wildman–Crippen LogP) is 3.54. The molecule has 1 aliphatic rings. The van der Waals surface area contributed by atoms with E-state index in [1.165, 1.54) is 13.0 Å². The standard InChI is InChI=1S/C13H27N/c1-10-8-11(12(2,3)4)14(9-10)13(5,6)7/h10-11H,8-9H2,1-7H3. The molecule has 0 saturated carbocycles. The molecule has 1 aliphatic heterocycles. The minimum Gasteiger partial charge on any atom is -0.295 e. The molecular formula is C13H27N. The van der Waals surface area contributed by atoms with Crippen LogP contribution in [0.15, 0.2) is 0 Å². The number of hydrogen-bond donors (Lipinski definition) is 0. The first-order valence-corrected chi connectivity index (χ1v) is 5.89. The Morgan fingerprint density at radius 2 is 1.50 bits per heavy atom. The van der Waals surface area contributed by atoms with Crippen LogP contribution in [-0.4, -0.2) is 23.0 Å². The third kappa shape index (κ3) is 2.50. The maximum atomic E-state index is 2.69. The van der Waals surface area contributed by atoms with E-state index in [4.69, 9.17) is 0 Å². The molecule has 1 heteroatoms. The van der Waals surface area contributed by atoms with Gasteiger partial charge in [-0.1, -0.05) is 27.7 Å². The van der Waals surface area contributed by atoms with Crippen LogP contribution in [0.3, 0.4) is 0 Å². The van der Waals surface area contributed by atoms with Crippen molar-refractivity contribution < 1.29 is 0 Å². The van der Waals surface area contributed by atoms with E-state index < -0.39 is 0 Å². The van der Waals surface area contributed by atoms with E-state index in [1.54, 1.807) is 0 Å². The predicted molar refractivity (Wildman–Crippen MR) is 63.5 cm³/mol. The van der Waals surface area contributed by atoms with E-state index in [0.717, 1.165) is 12.0 Å². The lowest BCUT2D eigenvalue weighted by molar-refractivity contribution is 0.0576. The Morgan fingerprint density at radius 1 is 1.00 bits per heavy atom. The van der Waals surface area contributed by atoms with E-state index in [1.807, 2.05) is 0 Å². The Balaban J connectivity index is 2.84. The lowest BCUT2D eigenvalue weighted by Crippen LogP contribution is -2.49. The van der Waals surface area contributed by atoms with Crippen LogP contribution in [0.2, 0.25) is 0 Å². The monoisotopic (exact) mass is 197 g/mol. The van der Waals surface area contributed by atoms with E-state index in [9.17, 15) is 0 Å². The summed E-state index contributed by atoms with van der Waals surface area (Å²) >= 11 is 0. The maximum Gasteiger partial charge on any atom is 0.0152 e. The topological polar surface area (TPSA) is 3.24 Å². The van der Waals surface area contributed by atoms with Crippen LogP contribution in [-0.2, 0) is 0 Å². The van der Waals surface area contributed by atoms with Crippen LogP contribution in [0, 0.1) is 11.3 Å². The van der Waals surface area contributed by atoms with E-state index in [0.29, 0.717) is 11.0 Å². The molecule has 0 radical (unpaired) electrons. The molecular weight excluding hydrogens is 170 g/mol. The van der Waals surface area contributed by atoms with Crippen molar-refractivity contribution in [3.05, 3.63) is 0 Å². The van der Waals surface area contributed by atoms with Gasteiger partial charge in [0.1, 0.15) is 0 Å². The smallest absolute Gasteiger partial charge is 0.0152 e. The molecule has 14 heavy (non-hydrogen) atoms. The molecule has 1 fully saturated rings. The maximum absolute atomic E-state index is 2.69. The highest BCUT2D eigenvalue weighted by molar-refractivity contribution is 4.96. The zero-order valence-corrected chi connectivity index (χ0v) is 11.0. The van der Waals surface area contributed by atoms with Crippen LogP contribution in [0.1, 0.15) is 54.9 Å². The fraction of sp³-hybridized carbons (Fsp3) is 1.00. The van der Waals surface area contributed by atoms with Gasteiger partial charge in [-0.2, -0.15) is 0 Å². The highest BCUT2D eigenvalue weighted by Gasteiger charge is 2.41. The number of rotatable bonds is 0. The molecule has 0 aliphatic carbocycles. The molecule has 1 heterocycles. The van der Waals surface area contributed by atoms with Crippen molar-refractivity contribution in [3.8, 4) is 0 Å². The molecule has 0 aromatic carbocycles. The Labute approximate surface area is 89.9 Å². The van der Waals surface area contributed by atoms with Gasteiger partial charge < -0.3 is 0 Å². The average molecular weight is 197 g/mol. The largest absolute Gasteiger partial charge is 0.295 e. The first-order valence-electron chi connectivity index (χ1n) is 5.89. The van der Waals surface area contributed by atoms with Crippen LogP contribution in [0.4, 0.5) is 0 Å². The second-order valence-corrected chi connectivity index (χ2v) is 7.05. The summed E-state index contributed by atoms with van der Waals surface area (Å²) in [6.45, 7) is 17.8. The van der Waals surface area contributed by atoms with Crippen molar-refractivity contribution in [2.45, 2.75) is 66.5 Å². The van der Waals surface area contributed by atoms with Crippen molar-refractivity contribution in [2.24, 2.45) is 11.3 Å². The molecule has 1 nitrogen and oxygen atoms in total. The van der Waals surface area contributed by atoms with E-state index in [2.05, 4.69) is 53.4 Å². The number of nitrogens with zero attached hydrogens (tertiary/aromatic N) is 1. The molecule has 2 unspecified atom stereocenters. The Kier molecular flexibility index (Phi) is 3.02. The second kappa shape index (κ2) is 3.52. The Hall–Kier alpha value is -0.0400. The number of likely N-dealkylation sites (tertiary alicyclic amines) is 1. The summed E-state index contributed by atoms with van der Waals surface area (Å²) in [6.07, 6.45) is 1.36. The van der Waals surface area contributed by atoms with Gasteiger partial charge in [0.2, 0.25) is 0 Å². The van der Waals surface area contributed by atoms with Gasteiger partial charge in [0, 0.05) is 18.1 Å². The van der Waals surface area contributed by atoms with Gasteiger partial charge >= 0.3 is 0 Å². The first-order chi connectivity index (χ1) is 6.12. The van der Waals surface area contributed by atoms with Crippen molar-refractivity contribution in [1.29, 1.82) is 0 Å². The Bertz CT molecular complexity index is 172. The molecule has 2 atom stereocenters. The summed E-state index contributed by atoms with van der Waals surface area (Å²) in [6, 6.07) is 0.748. The van der Waals surface area contributed by atoms with Crippen molar-refractivity contribution in [2.75, 3.05) is 6.54 Å². The summed E-state index contributed by atoms with van der Waals surface area (Å²) in [5.74, 6) is 0.860. The van der Waals surface area contributed by atoms with E-state index >= 15 is 0 Å². The van der Waals surface area contributed by atoms with Gasteiger partial charge in [-0.3, -0.25) is 4.90 Å². The molecule has 0 N–H and O–H groups in total. The quantitative estimate of drug-likeness (QED) is 0.574. The van der Waals surface area contributed by atoms with Crippen LogP contribution in [0.5, 0.6) is 0 Å². The van der Waals surface area contributed by atoms with Gasteiger partial charge in [0.25, 0.3) is 0 Å². The average Bonchev–Trinajstić information content (AvgIpc) is 2.27. The zero-order valence-electron chi connectivity index (χ0n) is 11.0. The summed E-state index contributed by atoms with van der Waals surface area (Å²) in [5.41, 5.74) is 0.737. The molecule has 0 amide bonds. The normalized spacial score (nSPS) is 31.1. The van der Waals surface area contributed by atoms with E-state index in [-0.39, 0.29) is 0 Å². The van der Waals surface area contributed by atoms with Crippen molar-refractivity contribution >= 4 is 0 Å². The van der Waals surface area contributed by atoms with Gasteiger partial charge in [0.05, 0.1) is 0 Å². The van der Waals surface area contributed by atoms with Crippen LogP contribution in [0.25, 0.3) is 0 Å². The first kappa shape index (κ1) is 12.0. The lowest BCUT2D eigenvalue weighted by atomic mass is 9.83. The third-order valence-electron chi connectivity index (χ3n) is 3.37. The summed E-state index contributed by atoms with van der Waals surface area (Å²) in [4.78, 5) is 2.69. The molecule has 0 aromatic heterocycles. The lowest BCUT2D eigenvalue weighted by Gasteiger charge is -2.43. The summed E-state index contributed by atoms with van der Waals surface area (Å²) in [5, 5.41) is 0. The third-order valence-corrected chi connectivity index (χ3v) is 3.37. The van der Waals surface area contributed by atoms with Crippen molar-refractivity contribution in [3.63, 3.8) is 0 Å². The van der Waals surface area contributed by atoms with Crippen LogP contribution >= 0.6 is 0 Å². The molecule has 0 bridgehead atoms. The molecule has 0 aromatic rings. The Morgan fingerprint density at radius 3 is 1.79 bits per heavy atom. The van der Waals surface area contributed by atoms with Crippen LogP contribution < -0.4 is 0 Å². The van der Waals surface area contributed by atoms with Gasteiger partial charge in [0.15, 0.2) is 0 Å².